The van der Waals surface area contributed by atoms with Crippen molar-refractivity contribution in [3.63, 3.8) is 0 Å². The maximum Gasteiger partial charge on any atom is 0.223 e. The molecule has 3 saturated carbocycles. The van der Waals surface area contributed by atoms with Crippen LogP contribution in [0, 0.1) is 23.7 Å². The average molecular weight is 312 g/mol. The van der Waals surface area contributed by atoms with Gasteiger partial charge in [0.15, 0.2) is 0 Å². The van der Waals surface area contributed by atoms with Gasteiger partial charge in [0, 0.05) is 18.0 Å². The molecule has 2 bridgehead atoms. The molecule has 1 aromatic rings. The molecule has 0 heterocycles. The van der Waals surface area contributed by atoms with Gasteiger partial charge in [0.25, 0.3) is 0 Å². The van der Waals surface area contributed by atoms with Crippen molar-refractivity contribution in [2.45, 2.75) is 57.0 Å². The van der Waals surface area contributed by atoms with Crippen LogP contribution in [-0.2, 0) is 11.2 Å². The second-order valence-electron chi connectivity index (χ2n) is 8.00. The maximum absolute atomic E-state index is 12.6. The molecule has 0 spiro atoms. The zero-order valence-electron chi connectivity index (χ0n) is 13.8. The molecule has 1 amide bonds. The molecule has 1 aromatic carbocycles. The highest BCUT2D eigenvalue weighted by molar-refractivity contribution is 5.79. The standard InChI is InChI=1S/C20H28N2O/c21-19-14-7-4-8-15(19)11-17(10-14)20(23)22-18-12-16(18)9-13-5-2-1-3-6-13/h1-3,5-6,14-19H,4,7-12,21H2,(H,22,23). The Morgan fingerprint density at radius 3 is 2.48 bits per heavy atom. The molecule has 4 atom stereocenters. The number of nitrogens with one attached hydrogen (secondary N) is 1. The van der Waals surface area contributed by atoms with Crippen LogP contribution in [0.5, 0.6) is 0 Å². The van der Waals surface area contributed by atoms with Crippen molar-refractivity contribution in [1.29, 1.82) is 0 Å². The molecule has 3 nitrogen and oxygen atoms in total. The van der Waals surface area contributed by atoms with E-state index < -0.39 is 0 Å². The van der Waals surface area contributed by atoms with E-state index in [0.29, 0.717) is 35.7 Å². The van der Waals surface area contributed by atoms with Gasteiger partial charge in [-0.1, -0.05) is 36.8 Å². The van der Waals surface area contributed by atoms with Crippen LogP contribution in [0.15, 0.2) is 30.3 Å². The molecule has 3 fully saturated rings. The number of carbonyl (C=O) groups is 1. The first-order valence-electron chi connectivity index (χ1n) is 9.30. The van der Waals surface area contributed by atoms with Crippen LogP contribution in [0.25, 0.3) is 0 Å². The van der Waals surface area contributed by atoms with Crippen LogP contribution in [0.3, 0.4) is 0 Å². The summed E-state index contributed by atoms with van der Waals surface area (Å²) in [5, 5.41) is 3.32. The van der Waals surface area contributed by atoms with Gasteiger partial charge in [-0.3, -0.25) is 4.79 Å². The SMILES string of the molecule is NC1C2CCCC1CC(C(=O)NC1CC1Cc1ccccc1)C2. The van der Waals surface area contributed by atoms with E-state index in [0.717, 1.165) is 25.7 Å². The Balaban J connectivity index is 1.28. The summed E-state index contributed by atoms with van der Waals surface area (Å²) in [6, 6.07) is 11.4. The lowest BCUT2D eigenvalue weighted by atomic mass is 9.65. The summed E-state index contributed by atoms with van der Waals surface area (Å²) in [6.45, 7) is 0. The van der Waals surface area contributed by atoms with Gasteiger partial charge in [0.2, 0.25) is 5.91 Å². The molecule has 124 valence electrons. The van der Waals surface area contributed by atoms with E-state index in [9.17, 15) is 4.79 Å². The molecule has 3 aliphatic carbocycles. The fourth-order valence-corrected chi connectivity index (χ4v) is 4.87. The van der Waals surface area contributed by atoms with Gasteiger partial charge < -0.3 is 11.1 Å². The minimum atomic E-state index is 0.211. The lowest BCUT2D eigenvalue weighted by molar-refractivity contribution is -0.128. The molecule has 0 aliphatic heterocycles. The van der Waals surface area contributed by atoms with Crippen molar-refractivity contribution in [1.82, 2.24) is 5.32 Å². The van der Waals surface area contributed by atoms with E-state index in [2.05, 4.69) is 35.6 Å². The molecule has 3 heteroatoms. The molecule has 0 saturated heterocycles. The fourth-order valence-electron chi connectivity index (χ4n) is 4.87. The summed E-state index contributed by atoms with van der Waals surface area (Å²) in [6.07, 6.45) is 8.01. The molecule has 3 aliphatic rings. The number of rotatable bonds is 4. The molecular formula is C20H28N2O. The monoisotopic (exact) mass is 312 g/mol. The summed E-state index contributed by atoms with van der Waals surface area (Å²) >= 11 is 0. The quantitative estimate of drug-likeness (QED) is 0.898. The van der Waals surface area contributed by atoms with E-state index in [-0.39, 0.29) is 5.92 Å². The summed E-state index contributed by atoms with van der Waals surface area (Å²) in [5.74, 6) is 2.30. The van der Waals surface area contributed by atoms with Crippen molar-refractivity contribution >= 4 is 5.91 Å². The third-order valence-electron chi connectivity index (χ3n) is 6.37. The highest BCUT2D eigenvalue weighted by atomic mass is 16.2. The van der Waals surface area contributed by atoms with E-state index in [4.69, 9.17) is 5.73 Å². The normalized spacial score (nSPS) is 38.8. The number of carbonyl (C=O) groups excluding carboxylic acids is 1. The lowest BCUT2D eigenvalue weighted by Crippen LogP contribution is -2.49. The van der Waals surface area contributed by atoms with Crippen LogP contribution in [0.2, 0.25) is 0 Å². The fraction of sp³-hybridized carbons (Fsp3) is 0.650. The van der Waals surface area contributed by atoms with Crippen molar-refractivity contribution < 1.29 is 4.79 Å². The van der Waals surface area contributed by atoms with Crippen LogP contribution >= 0.6 is 0 Å². The summed E-state index contributed by atoms with van der Waals surface area (Å²) in [5.41, 5.74) is 7.72. The smallest absolute Gasteiger partial charge is 0.223 e. The van der Waals surface area contributed by atoms with Crippen LogP contribution in [0.4, 0.5) is 0 Å². The molecule has 0 radical (unpaired) electrons. The predicted molar refractivity (Wildman–Crippen MR) is 91.7 cm³/mol. The Bertz CT molecular complexity index is 544. The Morgan fingerprint density at radius 2 is 1.78 bits per heavy atom. The summed E-state index contributed by atoms with van der Waals surface area (Å²) < 4.78 is 0. The molecule has 3 N–H and O–H groups in total. The van der Waals surface area contributed by atoms with Crippen molar-refractivity contribution in [2.75, 3.05) is 0 Å². The van der Waals surface area contributed by atoms with Crippen LogP contribution in [-0.4, -0.2) is 18.0 Å². The van der Waals surface area contributed by atoms with Crippen LogP contribution in [0.1, 0.15) is 44.1 Å². The minimum absolute atomic E-state index is 0.211. The number of hydrogen-bond donors (Lipinski definition) is 2. The number of fused-ring (bicyclic) bond motifs is 2. The highest BCUT2D eigenvalue weighted by Gasteiger charge is 2.43. The van der Waals surface area contributed by atoms with Crippen LogP contribution < -0.4 is 11.1 Å². The second-order valence-corrected chi connectivity index (χ2v) is 8.00. The first-order valence-corrected chi connectivity index (χ1v) is 9.30. The largest absolute Gasteiger partial charge is 0.353 e. The van der Waals surface area contributed by atoms with E-state index in [1.165, 1.54) is 24.8 Å². The second kappa shape index (κ2) is 6.27. The maximum atomic E-state index is 12.6. The van der Waals surface area contributed by atoms with Gasteiger partial charge in [-0.25, -0.2) is 0 Å². The van der Waals surface area contributed by atoms with E-state index >= 15 is 0 Å². The zero-order valence-corrected chi connectivity index (χ0v) is 13.8. The molecule has 4 unspecified atom stereocenters. The minimum Gasteiger partial charge on any atom is -0.353 e. The Labute approximate surface area is 139 Å². The Hall–Kier alpha value is -1.35. The highest BCUT2D eigenvalue weighted by Crippen LogP contribution is 2.42. The molecule has 4 rings (SSSR count). The summed E-state index contributed by atoms with van der Waals surface area (Å²) in [4.78, 5) is 12.6. The first kappa shape index (κ1) is 15.2. The third kappa shape index (κ3) is 3.30. The van der Waals surface area contributed by atoms with E-state index in [1.807, 2.05) is 0 Å². The number of benzene rings is 1. The van der Waals surface area contributed by atoms with Gasteiger partial charge in [-0.2, -0.15) is 0 Å². The number of amides is 1. The third-order valence-corrected chi connectivity index (χ3v) is 6.37. The Kier molecular flexibility index (Phi) is 4.14. The van der Waals surface area contributed by atoms with Crippen molar-refractivity contribution in [3.8, 4) is 0 Å². The van der Waals surface area contributed by atoms with Gasteiger partial charge in [0.05, 0.1) is 0 Å². The molecular weight excluding hydrogens is 284 g/mol. The first-order chi connectivity index (χ1) is 11.2. The zero-order chi connectivity index (χ0) is 15.8. The van der Waals surface area contributed by atoms with Gasteiger partial charge in [-0.15, -0.1) is 0 Å². The van der Waals surface area contributed by atoms with E-state index in [1.54, 1.807) is 0 Å². The lowest BCUT2D eigenvalue weighted by Gasteiger charge is -2.43. The Morgan fingerprint density at radius 1 is 1.09 bits per heavy atom. The van der Waals surface area contributed by atoms with Crippen molar-refractivity contribution in [2.24, 2.45) is 29.4 Å². The van der Waals surface area contributed by atoms with Gasteiger partial charge in [0.1, 0.15) is 0 Å². The number of hydrogen-bond acceptors (Lipinski definition) is 2. The van der Waals surface area contributed by atoms with Gasteiger partial charge >= 0.3 is 0 Å². The van der Waals surface area contributed by atoms with Gasteiger partial charge in [-0.05, 0) is 61.8 Å². The predicted octanol–water partition coefficient (Wildman–Crippen LogP) is 2.89. The molecule has 23 heavy (non-hydrogen) atoms. The summed E-state index contributed by atoms with van der Waals surface area (Å²) in [7, 11) is 0. The average Bonchev–Trinajstić information content (AvgIpc) is 3.25. The van der Waals surface area contributed by atoms with Crippen molar-refractivity contribution in [3.05, 3.63) is 35.9 Å². The topological polar surface area (TPSA) is 55.1 Å². The molecule has 0 aromatic heterocycles. The number of nitrogens with two attached hydrogens (primary N) is 1.